The predicted octanol–water partition coefficient (Wildman–Crippen LogP) is 3.05. The minimum absolute atomic E-state index is 0.140. The molecule has 0 unspecified atom stereocenters. The average Bonchev–Trinajstić information content (AvgIpc) is 2.46. The van der Waals surface area contributed by atoms with Gasteiger partial charge in [-0.25, -0.2) is 13.2 Å². The van der Waals surface area contributed by atoms with E-state index in [9.17, 15) is 13.2 Å². The largest absolute Gasteiger partial charge is 0.338 e. The quantitative estimate of drug-likeness (QED) is 0.867. The lowest BCUT2D eigenvalue weighted by atomic mass is 10.2. The summed E-state index contributed by atoms with van der Waals surface area (Å²) in [6.45, 7) is 5.02. The SMILES string of the molecule is CC(C)CNC(=O)Nc1ccc(N2CCCCS2(=O)=O)c(Cl)c1. The second-order valence-corrected chi connectivity index (χ2v) is 8.41. The van der Waals surface area contributed by atoms with Crippen molar-refractivity contribution in [1.29, 1.82) is 0 Å². The number of nitrogens with one attached hydrogen (secondary N) is 2. The van der Waals surface area contributed by atoms with Gasteiger partial charge in [0.2, 0.25) is 10.0 Å². The van der Waals surface area contributed by atoms with E-state index in [0.717, 1.165) is 6.42 Å². The highest BCUT2D eigenvalue weighted by Gasteiger charge is 2.27. The third-order valence-electron chi connectivity index (χ3n) is 3.49. The number of anilines is 2. The van der Waals surface area contributed by atoms with E-state index in [4.69, 9.17) is 11.6 Å². The van der Waals surface area contributed by atoms with Gasteiger partial charge in [0.15, 0.2) is 0 Å². The molecule has 1 fully saturated rings. The van der Waals surface area contributed by atoms with Gasteiger partial charge < -0.3 is 10.6 Å². The topological polar surface area (TPSA) is 78.5 Å². The third kappa shape index (κ3) is 4.75. The number of amides is 2. The first-order chi connectivity index (χ1) is 10.8. The highest BCUT2D eigenvalue weighted by molar-refractivity contribution is 7.92. The Bertz CT molecular complexity index is 677. The van der Waals surface area contributed by atoms with Crippen molar-refractivity contribution in [3.63, 3.8) is 0 Å². The van der Waals surface area contributed by atoms with E-state index in [-0.39, 0.29) is 11.8 Å². The molecule has 6 nitrogen and oxygen atoms in total. The van der Waals surface area contributed by atoms with E-state index in [1.165, 1.54) is 4.31 Å². The molecule has 0 aliphatic carbocycles. The second kappa shape index (κ2) is 7.40. The number of halogens is 1. The van der Waals surface area contributed by atoms with Crippen LogP contribution in [0.15, 0.2) is 18.2 Å². The molecule has 1 saturated heterocycles. The van der Waals surface area contributed by atoms with Crippen molar-refractivity contribution in [2.75, 3.05) is 28.5 Å². The van der Waals surface area contributed by atoms with Crippen LogP contribution in [0.1, 0.15) is 26.7 Å². The Morgan fingerprint density at radius 2 is 2.09 bits per heavy atom. The van der Waals surface area contributed by atoms with Crippen LogP contribution in [0.5, 0.6) is 0 Å². The fourth-order valence-corrected chi connectivity index (χ4v) is 4.31. The molecule has 0 spiro atoms. The fourth-order valence-electron chi connectivity index (χ4n) is 2.32. The lowest BCUT2D eigenvalue weighted by Crippen LogP contribution is -2.38. The molecule has 1 aliphatic heterocycles. The summed E-state index contributed by atoms with van der Waals surface area (Å²) in [4.78, 5) is 11.7. The standard InChI is InChI=1S/C15H22ClN3O3S/c1-11(2)10-17-15(20)18-12-5-6-14(13(16)9-12)19-7-3-4-8-23(19,21)22/h5-6,9,11H,3-4,7-8,10H2,1-2H3,(H2,17,18,20). The molecular weight excluding hydrogens is 338 g/mol. The van der Waals surface area contributed by atoms with Gasteiger partial charge in [-0.3, -0.25) is 4.31 Å². The molecule has 0 bridgehead atoms. The van der Waals surface area contributed by atoms with Crippen molar-refractivity contribution in [2.45, 2.75) is 26.7 Å². The molecule has 1 aromatic rings. The normalized spacial score (nSPS) is 17.1. The molecule has 23 heavy (non-hydrogen) atoms. The van der Waals surface area contributed by atoms with E-state index < -0.39 is 10.0 Å². The number of hydrogen-bond acceptors (Lipinski definition) is 3. The molecule has 2 amide bonds. The molecule has 0 saturated carbocycles. The number of sulfonamides is 1. The first-order valence-electron chi connectivity index (χ1n) is 7.64. The van der Waals surface area contributed by atoms with E-state index in [1.54, 1.807) is 18.2 Å². The smallest absolute Gasteiger partial charge is 0.319 e. The van der Waals surface area contributed by atoms with Crippen molar-refractivity contribution < 1.29 is 13.2 Å². The highest BCUT2D eigenvalue weighted by Crippen LogP contribution is 2.32. The van der Waals surface area contributed by atoms with Crippen LogP contribution < -0.4 is 14.9 Å². The van der Waals surface area contributed by atoms with Crippen LogP contribution in [-0.4, -0.2) is 33.3 Å². The molecule has 2 rings (SSSR count). The van der Waals surface area contributed by atoms with Crippen molar-refractivity contribution in [3.05, 3.63) is 23.2 Å². The third-order valence-corrected chi connectivity index (χ3v) is 5.65. The Morgan fingerprint density at radius 3 is 2.70 bits per heavy atom. The fraction of sp³-hybridized carbons (Fsp3) is 0.533. The van der Waals surface area contributed by atoms with Gasteiger partial charge in [0.1, 0.15) is 0 Å². The van der Waals surface area contributed by atoms with E-state index >= 15 is 0 Å². The van der Waals surface area contributed by atoms with Crippen LogP contribution in [0, 0.1) is 5.92 Å². The lowest BCUT2D eigenvalue weighted by molar-refractivity contribution is 0.251. The summed E-state index contributed by atoms with van der Waals surface area (Å²) in [5.74, 6) is 0.497. The predicted molar refractivity (Wildman–Crippen MR) is 93.7 cm³/mol. The zero-order valence-corrected chi connectivity index (χ0v) is 14.9. The summed E-state index contributed by atoms with van der Waals surface area (Å²) in [5.41, 5.74) is 0.980. The average molecular weight is 360 g/mol. The zero-order chi connectivity index (χ0) is 17.0. The molecule has 0 aromatic heterocycles. The maximum atomic E-state index is 12.1. The number of hydrogen-bond donors (Lipinski definition) is 2. The minimum atomic E-state index is -3.30. The number of nitrogens with zero attached hydrogens (tertiary/aromatic N) is 1. The van der Waals surface area contributed by atoms with Crippen LogP contribution in [0.2, 0.25) is 5.02 Å². The maximum Gasteiger partial charge on any atom is 0.319 e. The molecular formula is C15H22ClN3O3S. The van der Waals surface area contributed by atoms with Crippen LogP contribution in [0.3, 0.4) is 0 Å². The van der Waals surface area contributed by atoms with Crippen molar-refractivity contribution >= 4 is 39.0 Å². The molecule has 0 atom stereocenters. The Balaban J connectivity index is 2.10. The molecule has 1 heterocycles. The van der Waals surface area contributed by atoms with Crippen LogP contribution >= 0.6 is 11.6 Å². The number of carbonyl (C=O) groups excluding carboxylic acids is 1. The Labute approximate surface area is 142 Å². The minimum Gasteiger partial charge on any atom is -0.338 e. The van der Waals surface area contributed by atoms with E-state index in [2.05, 4.69) is 10.6 Å². The summed E-state index contributed by atoms with van der Waals surface area (Å²) in [5, 5.41) is 5.73. The molecule has 8 heteroatoms. The number of rotatable bonds is 4. The summed E-state index contributed by atoms with van der Waals surface area (Å²) >= 11 is 6.22. The summed E-state index contributed by atoms with van der Waals surface area (Å²) in [6, 6.07) is 4.53. The lowest BCUT2D eigenvalue weighted by Gasteiger charge is -2.29. The van der Waals surface area contributed by atoms with Gasteiger partial charge >= 0.3 is 6.03 Å². The summed E-state index contributed by atoms with van der Waals surface area (Å²) in [7, 11) is -3.30. The van der Waals surface area contributed by atoms with Crippen LogP contribution in [0.25, 0.3) is 0 Å². The number of urea groups is 1. The maximum absolute atomic E-state index is 12.1. The van der Waals surface area contributed by atoms with Crippen LogP contribution in [-0.2, 0) is 10.0 Å². The Hall–Kier alpha value is -1.47. The van der Waals surface area contributed by atoms with Crippen molar-refractivity contribution in [3.8, 4) is 0 Å². The van der Waals surface area contributed by atoms with Crippen molar-refractivity contribution in [2.24, 2.45) is 5.92 Å². The van der Waals surface area contributed by atoms with Crippen molar-refractivity contribution in [1.82, 2.24) is 5.32 Å². The molecule has 128 valence electrons. The summed E-state index contributed by atoms with van der Waals surface area (Å²) < 4.78 is 25.6. The van der Waals surface area contributed by atoms with Crippen LogP contribution in [0.4, 0.5) is 16.2 Å². The van der Waals surface area contributed by atoms with Gasteiger partial charge in [-0.1, -0.05) is 25.4 Å². The Morgan fingerprint density at radius 1 is 1.35 bits per heavy atom. The van der Waals surface area contributed by atoms with E-state index in [0.29, 0.717) is 41.8 Å². The van der Waals surface area contributed by atoms with Gasteiger partial charge in [0.05, 0.1) is 16.5 Å². The first kappa shape index (κ1) is 17.9. The molecule has 1 aliphatic rings. The molecule has 2 N–H and O–H groups in total. The number of carbonyl (C=O) groups is 1. The van der Waals surface area contributed by atoms with Gasteiger partial charge in [-0.2, -0.15) is 0 Å². The van der Waals surface area contributed by atoms with Gasteiger partial charge in [-0.05, 0) is 37.0 Å². The van der Waals surface area contributed by atoms with Gasteiger partial charge in [0, 0.05) is 18.8 Å². The van der Waals surface area contributed by atoms with Gasteiger partial charge in [-0.15, -0.1) is 0 Å². The Kier molecular flexibility index (Phi) is 5.75. The summed E-state index contributed by atoms with van der Waals surface area (Å²) in [6.07, 6.45) is 1.49. The first-order valence-corrected chi connectivity index (χ1v) is 9.63. The highest BCUT2D eigenvalue weighted by atomic mass is 35.5. The molecule has 1 aromatic carbocycles. The zero-order valence-electron chi connectivity index (χ0n) is 13.3. The number of benzene rings is 1. The van der Waals surface area contributed by atoms with E-state index in [1.807, 2.05) is 13.8 Å². The van der Waals surface area contributed by atoms with Gasteiger partial charge in [0.25, 0.3) is 0 Å². The second-order valence-electron chi connectivity index (χ2n) is 5.99. The molecule has 0 radical (unpaired) electrons. The monoisotopic (exact) mass is 359 g/mol.